The van der Waals surface area contributed by atoms with Gasteiger partial charge in [-0.3, -0.25) is 0 Å². The zero-order valence-electron chi connectivity index (χ0n) is 11.7. The Morgan fingerprint density at radius 2 is 1.76 bits per heavy atom. The minimum atomic E-state index is -0.491. The van der Waals surface area contributed by atoms with Crippen molar-refractivity contribution in [1.29, 1.82) is 0 Å². The topological polar surface area (TPSA) is 32.3 Å². The molecule has 0 bridgehead atoms. The molecule has 2 N–H and O–H groups in total. The fraction of sp³-hybridized carbons (Fsp3) is 0.250. The zero-order chi connectivity index (χ0) is 15.6. The number of phenols is 1. The van der Waals surface area contributed by atoms with Crippen LogP contribution in [-0.2, 0) is 0 Å². The Labute approximate surface area is 133 Å². The minimum absolute atomic E-state index is 0.0111. The third-order valence-corrected chi connectivity index (χ3v) is 3.99. The van der Waals surface area contributed by atoms with Gasteiger partial charge in [-0.15, -0.1) is 0 Å². The van der Waals surface area contributed by atoms with Gasteiger partial charge >= 0.3 is 0 Å². The fourth-order valence-electron chi connectivity index (χ4n) is 2.22. The maximum Gasteiger partial charge on any atom is 0.142 e. The lowest BCUT2D eigenvalue weighted by molar-refractivity contribution is 0.466. The lowest BCUT2D eigenvalue weighted by Crippen LogP contribution is -2.22. The number of hydrogen-bond acceptors (Lipinski definition) is 2. The molecule has 5 heteroatoms. The van der Waals surface area contributed by atoms with Gasteiger partial charge in [-0.2, -0.15) is 0 Å². The smallest absolute Gasteiger partial charge is 0.142 e. The molecule has 0 saturated carbocycles. The number of hydrogen-bond donors (Lipinski definition) is 2. The van der Waals surface area contributed by atoms with Crippen molar-refractivity contribution in [2.45, 2.75) is 25.9 Å². The van der Waals surface area contributed by atoms with Crippen LogP contribution in [0.5, 0.6) is 5.75 Å². The lowest BCUT2D eigenvalue weighted by atomic mass is 10.0. The molecule has 0 saturated heterocycles. The van der Waals surface area contributed by atoms with Gasteiger partial charge in [0.2, 0.25) is 0 Å². The molecule has 0 fully saturated rings. The maximum absolute atomic E-state index is 13.6. The SMILES string of the molecule is CC(NC(C)c1cc(F)c(Cl)cc1Cl)c1cccc(O)c1. The molecule has 2 atom stereocenters. The molecule has 21 heavy (non-hydrogen) atoms. The van der Waals surface area contributed by atoms with Gasteiger partial charge in [0, 0.05) is 17.1 Å². The van der Waals surface area contributed by atoms with Crippen LogP contribution in [0.4, 0.5) is 4.39 Å². The van der Waals surface area contributed by atoms with Gasteiger partial charge in [0.15, 0.2) is 0 Å². The molecule has 0 aliphatic carbocycles. The summed E-state index contributed by atoms with van der Waals surface area (Å²) in [5.74, 6) is -0.279. The Balaban J connectivity index is 2.18. The fourth-order valence-corrected chi connectivity index (χ4v) is 2.77. The molecule has 0 aliphatic rings. The van der Waals surface area contributed by atoms with E-state index in [1.165, 1.54) is 12.1 Å². The predicted octanol–water partition coefficient (Wildman–Crippen LogP) is 5.25. The van der Waals surface area contributed by atoms with Crippen molar-refractivity contribution in [3.8, 4) is 5.75 Å². The van der Waals surface area contributed by atoms with E-state index in [1.807, 2.05) is 19.9 Å². The highest BCUT2D eigenvalue weighted by Gasteiger charge is 2.16. The Hall–Kier alpha value is -1.29. The molecule has 0 aliphatic heterocycles. The second-order valence-corrected chi connectivity index (χ2v) is 5.81. The standard InChI is InChI=1S/C16H16Cl2FNO/c1-9(11-4-3-5-12(21)6-11)20-10(2)13-7-16(19)15(18)8-14(13)17/h3-10,20-21H,1-2H3. The number of aromatic hydroxyl groups is 1. The van der Waals surface area contributed by atoms with E-state index in [-0.39, 0.29) is 22.9 Å². The maximum atomic E-state index is 13.6. The van der Waals surface area contributed by atoms with Crippen LogP contribution in [0.15, 0.2) is 36.4 Å². The van der Waals surface area contributed by atoms with Crippen molar-refractivity contribution in [2.24, 2.45) is 0 Å². The molecule has 0 amide bonds. The number of rotatable bonds is 4. The Kier molecular flexibility index (Phi) is 5.09. The van der Waals surface area contributed by atoms with Crippen molar-refractivity contribution in [1.82, 2.24) is 5.32 Å². The van der Waals surface area contributed by atoms with E-state index >= 15 is 0 Å². The molecule has 0 aromatic heterocycles. The highest BCUT2D eigenvalue weighted by molar-refractivity contribution is 6.35. The van der Waals surface area contributed by atoms with E-state index in [1.54, 1.807) is 18.2 Å². The molecule has 112 valence electrons. The summed E-state index contributed by atoms with van der Waals surface area (Å²) in [5.41, 5.74) is 1.58. The summed E-state index contributed by atoms with van der Waals surface area (Å²) in [7, 11) is 0. The quantitative estimate of drug-likeness (QED) is 0.751. The minimum Gasteiger partial charge on any atom is -0.508 e. The van der Waals surface area contributed by atoms with Gasteiger partial charge in [0.1, 0.15) is 11.6 Å². The summed E-state index contributed by atoms with van der Waals surface area (Å²) in [6.45, 7) is 3.86. The Bertz CT molecular complexity index is 648. The number of nitrogens with one attached hydrogen (secondary N) is 1. The van der Waals surface area contributed by atoms with Crippen molar-refractivity contribution in [3.63, 3.8) is 0 Å². The Morgan fingerprint density at radius 1 is 1.05 bits per heavy atom. The number of halogens is 3. The highest BCUT2D eigenvalue weighted by Crippen LogP contribution is 2.30. The molecule has 0 spiro atoms. The molecular formula is C16H16Cl2FNO. The number of phenolic OH excluding ortho intramolecular Hbond substituents is 1. The molecule has 2 aromatic carbocycles. The van der Waals surface area contributed by atoms with Gasteiger partial charge < -0.3 is 10.4 Å². The van der Waals surface area contributed by atoms with Crippen LogP contribution in [0, 0.1) is 5.82 Å². The molecule has 2 nitrogen and oxygen atoms in total. The van der Waals surface area contributed by atoms with Crippen LogP contribution < -0.4 is 5.32 Å². The Morgan fingerprint density at radius 3 is 2.43 bits per heavy atom. The van der Waals surface area contributed by atoms with Crippen LogP contribution in [-0.4, -0.2) is 5.11 Å². The van der Waals surface area contributed by atoms with Crippen molar-refractivity contribution < 1.29 is 9.50 Å². The van der Waals surface area contributed by atoms with E-state index < -0.39 is 5.82 Å². The van der Waals surface area contributed by atoms with Crippen LogP contribution in [0.2, 0.25) is 10.0 Å². The average Bonchev–Trinajstić information content (AvgIpc) is 2.42. The summed E-state index contributed by atoms with van der Waals surface area (Å²) < 4.78 is 13.6. The first-order valence-electron chi connectivity index (χ1n) is 6.58. The second-order valence-electron chi connectivity index (χ2n) is 4.99. The van der Waals surface area contributed by atoms with Crippen LogP contribution in [0.25, 0.3) is 0 Å². The zero-order valence-corrected chi connectivity index (χ0v) is 13.2. The summed E-state index contributed by atoms with van der Waals surface area (Å²) in [6, 6.07) is 9.56. The predicted molar refractivity (Wildman–Crippen MR) is 84.5 cm³/mol. The van der Waals surface area contributed by atoms with Gasteiger partial charge in [0.25, 0.3) is 0 Å². The lowest BCUT2D eigenvalue weighted by Gasteiger charge is -2.22. The monoisotopic (exact) mass is 327 g/mol. The first kappa shape index (κ1) is 16.1. The summed E-state index contributed by atoms with van der Waals surface area (Å²) in [6.07, 6.45) is 0. The van der Waals surface area contributed by atoms with E-state index in [2.05, 4.69) is 5.32 Å². The molecular weight excluding hydrogens is 312 g/mol. The van der Waals surface area contributed by atoms with Gasteiger partial charge in [-0.25, -0.2) is 4.39 Å². The van der Waals surface area contributed by atoms with Crippen molar-refractivity contribution in [2.75, 3.05) is 0 Å². The molecule has 2 rings (SSSR count). The summed E-state index contributed by atoms with van der Waals surface area (Å²) >= 11 is 11.8. The first-order valence-corrected chi connectivity index (χ1v) is 7.33. The normalized spacial score (nSPS) is 14.0. The van der Waals surface area contributed by atoms with E-state index in [0.717, 1.165) is 5.56 Å². The third kappa shape index (κ3) is 3.88. The third-order valence-electron chi connectivity index (χ3n) is 3.38. The second kappa shape index (κ2) is 6.65. The van der Waals surface area contributed by atoms with Gasteiger partial charge in [-0.1, -0.05) is 35.3 Å². The van der Waals surface area contributed by atoms with E-state index in [4.69, 9.17) is 23.2 Å². The van der Waals surface area contributed by atoms with Crippen molar-refractivity contribution >= 4 is 23.2 Å². The van der Waals surface area contributed by atoms with Crippen LogP contribution >= 0.6 is 23.2 Å². The van der Waals surface area contributed by atoms with E-state index in [0.29, 0.717) is 10.6 Å². The van der Waals surface area contributed by atoms with Gasteiger partial charge in [0.05, 0.1) is 5.02 Å². The van der Waals surface area contributed by atoms with Crippen LogP contribution in [0.1, 0.15) is 37.1 Å². The largest absolute Gasteiger partial charge is 0.508 e. The first-order chi connectivity index (χ1) is 9.88. The molecule has 2 aromatic rings. The van der Waals surface area contributed by atoms with E-state index in [9.17, 15) is 9.50 Å². The summed E-state index contributed by atoms with van der Waals surface area (Å²) in [5, 5.41) is 13.3. The molecule has 0 heterocycles. The van der Waals surface area contributed by atoms with Crippen LogP contribution in [0.3, 0.4) is 0 Å². The molecule has 2 unspecified atom stereocenters. The number of benzene rings is 2. The summed E-state index contributed by atoms with van der Waals surface area (Å²) in [4.78, 5) is 0. The van der Waals surface area contributed by atoms with Crippen molar-refractivity contribution in [3.05, 3.63) is 63.4 Å². The molecule has 0 radical (unpaired) electrons. The highest BCUT2D eigenvalue weighted by atomic mass is 35.5. The average molecular weight is 328 g/mol. The van der Waals surface area contributed by atoms with Gasteiger partial charge in [-0.05, 0) is 49.2 Å².